The molecule has 0 atom stereocenters. The lowest BCUT2D eigenvalue weighted by Gasteiger charge is -2.18. The third-order valence-corrected chi connectivity index (χ3v) is 2.79. The molecule has 0 amide bonds. The van der Waals surface area contributed by atoms with Gasteiger partial charge in [-0.25, -0.2) is 9.97 Å². The number of hydrogen-bond donors (Lipinski definition) is 0. The van der Waals surface area contributed by atoms with Gasteiger partial charge in [-0.2, -0.15) is 5.26 Å². The van der Waals surface area contributed by atoms with Crippen LogP contribution >= 0.6 is 0 Å². The van der Waals surface area contributed by atoms with Crippen molar-refractivity contribution in [2.24, 2.45) is 0 Å². The Balaban J connectivity index is 2.07. The summed E-state index contributed by atoms with van der Waals surface area (Å²) in [7, 11) is 0. The molecule has 19 heavy (non-hydrogen) atoms. The Labute approximate surface area is 110 Å². The Kier molecular flexibility index (Phi) is 2.76. The summed E-state index contributed by atoms with van der Waals surface area (Å²) in [6.45, 7) is 2.88. The van der Waals surface area contributed by atoms with Crippen molar-refractivity contribution in [1.82, 2.24) is 9.97 Å². The molecule has 1 aromatic heterocycles. The largest absolute Gasteiger partial charge is 0.486 e. The number of hydrogen-bond acceptors (Lipinski definition) is 5. The van der Waals surface area contributed by atoms with Crippen molar-refractivity contribution in [2.45, 2.75) is 6.92 Å². The van der Waals surface area contributed by atoms with Crippen LogP contribution in [0.15, 0.2) is 24.3 Å². The van der Waals surface area contributed by atoms with Crippen LogP contribution in [-0.4, -0.2) is 23.2 Å². The minimum absolute atomic E-state index is 0.359. The topological polar surface area (TPSA) is 68.0 Å². The smallest absolute Gasteiger partial charge is 0.162 e. The van der Waals surface area contributed by atoms with Crippen molar-refractivity contribution >= 4 is 0 Å². The van der Waals surface area contributed by atoms with Crippen LogP contribution in [0.2, 0.25) is 0 Å². The van der Waals surface area contributed by atoms with Crippen molar-refractivity contribution in [3.63, 3.8) is 0 Å². The molecule has 2 aromatic rings. The number of fused-ring (bicyclic) bond motifs is 1. The van der Waals surface area contributed by atoms with Gasteiger partial charge in [0.1, 0.15) is 30.8 Å². The van der Waals surface area contributed by atoms with Crippen LogP contribution in [0.25, 0.3) is 11.3 Å². The molecule has 1 aliphatic rings. The van der Waals surface area contributed by atoms with E-state index in [1.165, 1.54) is 0 Å². The van der Waals surface area contributed by atoms with Gasteiger partial charge in [0.2, 0.25) is 0 Å². The Bertz CT molecular complexity index is 677. The van der Waals surface area contributed by atoms with Crippen LogP contribution in [-0.2, 0) is 0 Å². The number of nitriles is 1. The van der Waals surface area contributed by atoms with Crippen molar-refractivity contribution in [3.8, 4) is 28.8 Å². The third kappa shape index (κ3) is 2.20. The summed E-state index contributed by atoms with van der Waals surface area (Å²) in [5.74, 6) is 2.02. The highest BCUT2D eigenvalue weighted by Gasteiger charge is 2.13. The van der Waals surface area contributed by atoms with Crippen molar-refractivity contribution in [2.75, 3.05) is 13.2 Å². The summed E-state index contributed by atoms with van der Waals surface area (Å²) in [6.07, 6.45) is 0. The lowest BCUT2D eigenvalue weighted by Crippen LogP contribution is -2.15. The van der Waals surface area contributed by atoms with E-state index in [1.54, 1.807) is 13.0 Å². The molecule has 0 radical (unpaired) electrons. The summed E-state index contributed by atoms with van der Waals surface area (Å²) in [4.78, 5) is 8.38. The Hall–Kier alpha value is -2.61. The summed E-state index contributed by atoms with van der Waals surface area (Å²) < 4.78 is 11.0. The zero-order chi connectivity index (χ0) is 13.2. The van der Waals surface area contributed by atoms with Gasteiger partial charge in [-0.05, 0) is 25.1 Å². The maximum absolute atomic E-state index is 8.94. The van der Waals surface area contributed by atoms with Crippen LogP contribution in [0.5, 0.6) is 11.5 Å². The first-order chi connectivity index (χ1) is 9.26. The van der Waals surface area contributed by atoms with Crippen molar-refractivity contribution < 1.29 is 9.47 Å². The number of aromatic nitrogens is 2. The Morgan fingerprint density at radius 1 is 1.11 bits per heavy atom. The lowest BCUT2D eigenvalue weighted by atomic mass is 10.1. The molecule has 0 bridgehead atoms. The Morgan fingerprint density at radius 2 is 1.89 bits per heavy atom. The number of nitrogens with zero attached hydrogens (tertiary/aromatic N) is 3. The van der Waals surface area contributed by atoms with Crippen LogP contribution in [0.1, 0.15) is 11.5 Å². The average Bonchev–Trinajstić information content (AvgIpc) is 2.46. The molecule has 0 spiro atoms. The first kappa shape index (κ1) is 11.5. The van der Waals surface area contributed by atoms with E-state index in [0.29, 0.717) is 36.2 Å². The lowest BCUT2D eigenvalue weighted by molar-refractivity contribution is 0.171. The summed E-state index contributed by atoms with van der Waals surface area (Å²) in [5.41, 5.74) is 1.95. The summed E-state index contributed by atoms with van der Waals surface area (Å²) in [5, 5.41) is 8.94. The van der Waals surface area contributed by atoms with Crippen LogP contribution in [0.3, 0.4) is 0 Å². The molecule has 1 aromatic carbocycles. The predicted octanol–water partition coefficient (Wildman–Crippen LogP) is 2.09. The fourth-order valence-electron chi connectivity index (χ4n) is 1.98. The third-order valence-electron chi connectivity index (χ3n) is 2.79. The van der Waals surface area contributed by atoms with Gasteiger partial charge in [0.15, 0.2) is 11.5 Å². The molecule has 5 nitrogen and oxygen atoms in total. The Morgan fingerprint density at radius 3 is 2.68 bits per heavy atom. The molecule has 5 heteroatoms. The second kappa shape index (κ2) is 4.58. The minimum atomic E-state index is 0.359. The molecule has 0 fully saturated rings. The highest BCUT2D eigenvalue weighted by Crippen LogP contribution is 2.34. The van der Waals surface area contributed by atoms with Crippen LogP contribution in [0, 0.1) is 18.3 Å². The molecule has 0 aliphatic carbocycles. The van der Waals surface area contributed by atoms with Gasteiger partial charge in [0, 0.05) is 11.6 Å². The fraction of sp³-hybridized carbons (Fsp3) is 0.214. The van der Waals surface area contributed by atoms with E-state index in [-0.39, 0.29) is 0 Å². The van der Waals surface area contributed by atoms with E-state index in [1.807, 2.05) is 24.3 Å². The fourth-order valence-corrected chi connectivity index (χ4v) is 1.98. The zero-order valence-corrected chi connectivity index (χ0v) is 10.4. The van der Waals surface area contributed by atoms with Crippen LogP contribution < -0.4 is 9.47 Å². The van der Waals surface area contributed by atoms with Gasteiger partial charge in [0.05, 0.1) is 5.69 Å². The van der Waals surface area contributed by atoms with E-state index >= 15 is 0 Å². The van der Waals surface area contributed by atoms with Gasteiger partial charge in [-0.3, -0.25) is 0 Å². The van der Waals surface area contributed by atoms with E-state index < -0.39 is 0 Å². The highest BCUT2D eigenvalue weighted by atomic mass is 16.6. The van der Waals surface area contributed by atoms with E-state index in [9.17, 15) is 0 Å². The first-order valence-corrected chi connectivity index (χ1v) is 5.92. The molecule has 1 aliphatic heterocycles. The van der Waals surface area contributed by atoms with Gasteiger partial charge >= 0.3 is 0 Å². The maximum atomic E-state index is 8.94. The molecular formula is C14H11N3O2. The SMILES string of the molecule is Cc1nc(C#N)cc(-c2ccc3c(c2)OCCO3)n1. The van der Waals surface area contributed by atoms with Crippen molar-refractivity contribution in [1.29, 1.82) is 5.26 Å². The van der Waals surface area contributed by atoms with E-state index in [4.69, 9.17) is 14.7 Å². The molecular weight excluding hydrogens is 242 g/mol. The summed E-state index contributed by atoms with van der Waals surface area (Å²) in [6, 6.07) is 9.32. The van der Waals surface area contributed by atoms with Gasteiger partial charge < -0.3 is 9.47 Å². The second-order valence-corrected chi connectivity index (χ2v) is 4.16. The van der Waals surface area contributed by atoms with Gasteiger partial charge in [-0.1, -0.05) is 0 Å². The normalized spacial score (nSPS) is 12.8. The first-order valence-electron chi connectivity index (χ1n) is 5.92. The zero-order valence-electron chi connectivity index (χ0n) is 10.4. The molecule has 0 N–H and O–H groups in total. The maximum Gasteiger partial charge on any atom is 0.162 e. The highest BCUT2D eigenvalue weighted by molar-refractivity contribution is 5.65. The van der Waals surface area contributed by atoms with Crippen molar-refractivity contribution in [3.05, 3.63) is 35.8 Å². The number of benzene rings is 1. The van der Waals surface area contributed by atoms with Gasteiger partial charge in [0.25, 0.3) is 0 Å². The van der Waals surface area contributed by atoms with E-state index in [0.717, 1.165) is 11.3 Å². The number of ether oxygens (including phenoxy) is 2. The standard InChI is InChI=1S/C14H11N3O2/c1-9-16-11(8-15)7-12(17-9)10-2-3-13-14(6-10)19-5-4-18-13/h2-3,6-7H,4-5H2,1H3. The molecule has 3 rings (SSSR count). The number of rotatable bonds is 1. The molecule has 0 saturated heterocycles. The monoisotopic (exact) mass is 253 g/mol. The van der Waals surface area contributed by atoms with E-state index in [2.05, 4.69) is 9.97 Å². The predicted molar refractivity (Wildman–Crippen MR) is 67.9 cm³/mol. The van der Waals surface area contributed by atoms with Gasteiger partial charge in [-0.15, -0.1) is 0 Å². The number of aryl methyl sites for hydroxylation is 1. The second-order valence-electron chi connectivity index (χ2n) is 4.16. The average molecular weight is 253 g/mol. The summed E-state index contributed by atoms with van der Waals surface area (Å²) >= 11 is 0. The molecule has 2 heterocycles. The van der Waals surface area contributed by atoms with Crippen LogP contribution in [0.4, 0.5) is 0 Å². The molecule has 0 saturated carbocycles. The molecule has 0 unspecified atom stereocenters. The minimum Gasteiger partial charge on any atom is -0.486 e. The quantitative estimate of drug-likeness (QED) is 0.778. The molecule has 94 valence electrons.